The van der Waals surface area contributed by atoms with Gasteiger partial charge in [0.2, 0.25) is 6.29 Å². The summed E-state index contributed by atoms with van der Waals surface area (Å²) in [6, 6.07) is 15.7. The zero-order valence-corrected chi connectivity index (χ0v) is 34.2. The van der Waals surface area contributed by atoms with Crippen LogP contribution in [0.3, 0.4) is 0 Å². The van der Waals surface area contributed by atoms with Gasteiger partial charge < -0.3 is 49.5 Å². The zero-order valence-electron chi connectivity index (χ0n) is 34.2. The Labute approximate surface area is 356 Å². The first-order chi connectivity index (χ1) is 29.9. The number of carbonyl (C=O) groups excluding carboxylic acids is 1. The Morgan fingerprint density at radius 3 is 2.44 bits per heavy atom. The Morgan fingerprint density at radius 1 is 0.984 bits per heavy atom. The molecule has 2 fully saturated rings. The lowest BCUT2D eigenvalue weighted by Crippen LogP contribution is -2.62. The van der Waals surface area contributed by atoms with Crippen LogP contribution in [0.1, 0.15) is 48.8 Å². The van der Waals surface area contributed by atoms with E-state index in [0.717, 1.165) is 47.9 Å². The second-order valence-electron chi connectivity index (χ2n) is 16.2. The molecule has 0 bridgehead atoms. The minimum absolute atomic E-state index is 0.0106. The van der Waals surface area contributed by atoms with Gasteiger partial charge in [-0.25, -0.2) is 5.06 Å². The normalized spacial score (nSPS) is 23.4. The number of phenols is 1. The predicted molar refractivity (Wildman–Crippen MR) is 225 cm³/mol. The van der Waals surface area contributed by atoms with E-state index in [-0.39, 0.29) is 59.1 Å². The minimum atomic E-state index is -1.72. The molecule has 7 atom stereocenters. The molecule has 3 aliphatic heterocycles. The van der Waals surface area contributed by atoms with Crippen molar-refractivity contribution in [1.29, 1.82) is 0 Å². The lowest BCUT2D eigenvalue weighted by atomic mass is 9.95. The third-order valence-electron chi connectivity index (χ3n) is 11.7. The second kappa shape index (κ2) is 18.2. The molecule has 3 aromatic carbocycles. The number of hydroxylamine groups is 2. The summed E-state index contributed by atoms with van der Waals surface area (Å²) < 4.78 is 24.0. The van der Waals surface area contributed by atoms with Crippen molar-refractivity contribution in [2.45, 2.75) is 88.7 Å². The third kappa shape index (κ3) is 8.88. The maximum absolute atomic E-state index is 13.5. The average molecular weight is 852 g/mol. The lowest BCUT2D eigenvalue weighted by Gasteiger charge is -2.43. The van der Waals surface area contributed by atoms with Gasteiger partial charge in [-0.2, -0.15) is 0 Å². The number of aliphatic hydroxyl groups excluding tert-OH is 3. The Hall–Kier alpha value is -5.88. The third-order valence-corrected chi connectivity index (χ3v) is 11.7. The summed E-state index contributed by atoms with van der Waals surface area (Å²) in [5, 5.41) is 58.0. The largest absolute Gasteiger partial charge is 0.508 e. The van der Waals surface area contributed by atoms with Gasteiger partial charge in [-0.05, 0) is 81.1 Å². The molecule has 0 spiro atoms. The lowest BCUT2D eigenvalue weighted by molar-refractivity contribution is -0.323. The van der Waals surface area contributed by atoms with Crippen molar-refractivity contribution in [3.8, 4) is 22.6 Å². The van der Waals surface area contributed by atoms with Crippen molar-refractivity contribution in [3.63, 3.8) is 0 Å². The number of nitrogens with one attached hydrogen (secondary N) is 1. The maximum atomic E-state index is 13.5. The summed E-state index contributed by atoms with van der Waals surface area (Å²) in [6.45, 7) is 3.15. The molecular formula is C46H49N3O13. The van der Waals surface area contributed by atoms with Gasteiger partial charge in [0, 0.05) is 42.1 Å². The van der Waals surface area contributed by atoms with E-state index in [9.17, 15) is 39.9 Å². The average Bonchev–Trinajstić information content (AvgIpc) is 3.99. The molecule has 1 saturated carbocycles. The number of aryl methyl sites for hydroxylation is 2. The van der Waals surface area contributed by atoms with E-state index >= 15 is 0 Å². The number of ether oxygens (including phenoxy) is 3. The molecular weight excluding hydrogens is 803 g/mol. The number of carboxylic acids is 1. The summed E-state index contributed by atoms with van der Waals surface area (Å²) in [5.41, 5.74) is 5.61. The molecule has 4 aliphatic rings. The fourth-order valence-electron chi connectivity index (χ4n) is 8.66. The Morgan fingerprint density at radius 2 is 1.73 bits per heavy atom. The summed E-state index contributed by atoms with van der Waals surface area (Å²) in [5.74, 6) is -4.06. The molecule has 16 heteroatoms. The summed E-state index contributed by atoms with van der Waals surface area (Å²) in [7, 11) is 0. The van der Waals surface area contributed by atoms with E-state index in [1.54, 1.807) is 23.4 Å². The van der Waals surface area contributed by atoms with Crippen LogP contribution in [0, 0.1) is 19.8 Å². The quantitative estimate of drug-likeness (QED) is 0.0730. The van der Waals surface area contributed by atoms with Crippen LogP contribution in [-0.2, 0) is 23.9 Å². The number of allylic oxidation sites excluding steroid dienone is 1. The smallest absolute Gasteiger partial charge is 0.322 e. The van der Waals surface area contributed by atoms with E-state index < -0.39 is 61.2 Å². The van der Waals surface area contributed by atoms with E-state index in [1.807, 2.05) is 38.1 Å². The van der Waals surface area contributed by atoms with Gasteiger partial charge in [-0.15, -0.1) is 0 Å². The Bertz CT molecular complexity index is 2450. The number of carboxylic acid groups (broad SMARTS) is 1. The van der Waals surface area contributed by atoms with Gasteiger partial charge in [-0.3, -0.25) is 24.2 Å². The van der Waals surface area contributed by atoms with Crippen LogP contribution in [-0.4, -0.2) is 111 Å². The number of aromatic hydroxyl groups is 1. The molecule has 4 heterocycles. The fourth-order valence-corrected chi connectivity index (χ4v) is 8.66. The van der Waals surface area contributed by atoms with Gasteiger partial charge in [-0.1, -0.05) is 42.2 Å². The molecule has 326 valence electrons. The molecule has 62 heavy (non-hydrogen) atoms. The zero-order chi connectivity index (χ0) is 43.7. The van der Waals surface area contributed by atoms with Gasteiger partial charge in [0.1, 0.15) is 48.3 Å². The Kier molecular flexibility index (Phi) is 12.6. The van der Waals surface area contributed by atoms with Crippen molar-refractivity contribution in [2.75, 3.05) is 19.8 Å². The van der Waals surface area contributed by atoms with Crippen LogP contribution in [0.5, 0.6) is 11.5 Å². The number of aliphatic hydroxyl groups is 3. The van der Waals surface area contributed by atoms with E-state index in [4.69, 9.17) is 23.5 Å². The molecule has 8 rings (SSSR count). The molecule has 6 N–H and O–H groups in total. The van der Waals surface area contributed by atoms with Gasteiger partial charge >= 0.3 is 11.9 Å². The maximum Gasteiger partial charge on any atom is 0.322 e. The molecule has 1 saturated heterocycles. The van der Waals surface area contributed by atoms with Gasteiger partial charge in [0.25, 0.3) is 0 Å². The van der Waals surface area contributed by atoms with Gasteiger partial charge in [0.15, 0.2) is 17.5 Å². The number of aliphatic imine (C=N–C) groups is 1. The van der Waals surface area contributed by atoms with E-state index in [1.165, 1.54) is 36.6 Å². The van der Waals surface area contributed by atoms with E-state index in [2.05, 4.69) is 10.3 Å². The minimum Gasteiger partial charge on any atom is -0.508 e. The molecule has 16 nitrogen and oxygen atoms in total. The van der Waals surface area contributed by atoms with Gasteiger partial charge in [0.05, 0.1) is 28.9 Å². The van der Waals surface area contributed by atoms with Crippen LogP contribution in [0.4, 0.5) is 0 Å². The molecule has 1 aromatic heterocycles. The SMILES string of the molecule is Cc1cc(C)cc(C2=C3N=CC=C3CN2O[C@@H]2[C@@H](Oc3ccc4c(=O)c(-c5ccc(O)cc5)coc4c3)O[C@@H](COC(=O)[C@H](C(=O)O)[C@H](CCO)NC3CCCC3)[C@H](O)[C@H]2O)c1. The molecule has 1 aliphatic carbocycles. The van der Waals surface area contributed by atoms with Crippen LogP contribution in [0.2, 0.25) is 0 Å². The van der Waals surface area contributed by atoms with Crippen LogP contribution in [0.15, 0.2) is 98.5 Å². The number of esters is 1. The van der Waals surface area contributed by atoms with Crippen LogP contribution < -0.4 is 15.5 Å². The number of aliphatic carboxylic acids is 1. The molecule has 4 aromatic rings. The second-order valence-corrected chi connectivity index (χ2v) is 16.2. The molecule has 0 radical (unpaired) electrons. The van der Waals surface area contributed by atoms with Crippen LogP contribution >= 0.6 is 0 Å². The number of benzene rings is 3. The summed E-state index contributed by atoms with van der Waals surface area (Å²) in [6.07, 6.45) is 0.607. The fraction of sp³-hybridized carbons (Fsp3) is 0.391. The number of hydrogen-bond acceptors (Lipinski definition) is 15. The van der Waals surface area contributed by atoms with Crippen molar-refractivity contribution in [2.24, 2.45) is 10.9 Å². The monoisotopic (exact) mass is 851 g/mol. The number of phenolic OH excluding ortho intramolecular Hbond substituents is 1. The number of carbonyl (C=O) groups is 2. The number of fused-ring (bicyclic) bond motifs is 2. The number of nitrogens with zero attached hydrogens (tertiary/aromatic N) is 2. The first-order valence-corrected chi connectivity index (χ1v) is 20.7. The standard InChI is InChI=1S/C46H49N3O13/c1-24-17-25(2)19-28(18-24)39-38-27(13-15-47-38)21-49(39)62-43-42(54)41(53)36(23-59-45(57)37(44(55)56)34(14-16-50)48-29-5-3-4-6-29)61-46(43)60-31-11-12-32-35(20-31)58-22-33(40(32)52)26-7-9-30(51)10-8-26/h7-13,15,17-20,22,29,34,36-37,41-43,46,48,50-51,53-54H,3-6,14,16,21,23H2,1-2H3,(H,55,56)/t34-,36-,37-,41-,42+,43-,46-/m0/s1. The number of hydrogen-bond donors (Lipinski definition) is 6. The Balaban J connectivity index is 1.08. The highest BCUT2D eigenvalue weighted by atomic mass is 16.8. The first-order valence-electron chi connectivity index (χ1n) is 20.7. The predicted octanol–water partition coefficient (Wildman–Crippen LogP) is 4.13. The first kappa shape index (κ1) is 42.8. The van der Waals surface area contributed by atoms with Crippen LogP contribution in [0.25, 0.3) is 27.8 Å². The van der Waals surface area contributed by atoms with Crippen molar-refractivity contribution < 1.29 is 58.6 Å². The highest BCUT2D eigenvalue weighted by Gasteiger charge is 2.50. The highest BCUT2D eigenvalue weighted by Crippen LogP contribution is 2.40. The molecule has 0 unspecified atom stereocenters. The van der Waals surface area contributed by atoms with Crippen molar-refractivity contribution in [3.05, 3.63) is 111 Å². The summed E-state index contributed by atoms with van der Waals surface area (Å²) in [4.78, 5) is 50.7. The van der Waals surface area contributed by atoms with Crippen molar-refractivity contribution in [1.82, 2.24) is 10.4 Å². The molecule has 0 amide bonds. The topological polar surface area (TPSA) is 230 Å². The summed E-state index contributed by atoms with van der Waals surface area (Å²) >= 11 is 0. The highest BCUT2D eigenvalue weighted by molar-refractivity contribution is 5.95. The number of rotatable bonds is 15. The van der Waals surface area contributed by atoms with Crippen molar-refractivity contribution >= 4 is 34.8 Å². The van der Waals surface area contributed by atoms with E-state index in [0.29, 0.717) is 17.0 Å².